The van der Waals surface area contributed by atoms with E-state index in [2.05, 4.69) is 15.0 Å². The minimum Gasteiger partial charge on any atom is -0.494 e. The van der Waals surface area contributed by atoms with Crippen LogP contribution < -0.4 is 15.0 Å². The van der Waals surface area contributed by atoms with Gasteiger partial charge in [-0.25, -0.2) is 4.79 Å². The van der Waals surface area contributed by atoms with Gasteiger partial charge in [-0.15, -0.1) is 0 Å². The Morgan fingerprint density at radius 3 is 2.42 bits per heavy atom. The fraction of sp³-hybridized carbons (Fsp3) is 0.375. The van der Waals surface area contributed by atoms with E-state index in [0.717, 1.165) is 73.7 Å². The number of fused-ring (bicyclic) bond motifs is 3. The fourth-order valence-electron chi connectivity index (χ4n) is 7.74. The number of aryl methyl sites for hydroxylation is 5. The highest BCUT2D eigenvalue weighted by molar-refractivity contribution is 6.35. The molecule has 0 unspecified atom stereocenters. The predicted octanol–water partition coefficient (Wildman–Crippen LogP) is 8.54. The number of aromatic nitrogens is 3. The number of benzene rings is 3. The van der Waals surface area contributed by atoms with Gasteiger partial charge in [-0.05, 0) is 106 Å². The number of carbonyl (C=O) groups excluding carboxylic acids is 1. The summed E-state index contributed by atoms with van der Waals surface area (Å²) < 4.78 is 15.7. The van der Waals surface area contributed by atoms with Gasteiger partial charge >= 0.3 is 5.97 Å². The zero-order valence-corrected chi connectivity index (χ0v) is 31.6. The van der Waals surface area contributed by atoms with Crippen molar-refractivity contribution in [3.8, 4) is 16.9 Å². The van der Waals surface area contributed by atoms with E-state index in [0.29, 0.717) is 67.8 Å². The molecule has 4 heterocycles. The van der Waals surface area contributed by atoms with Crippen molar-refractivity contribution < 1.29 is 24.2 Å². The summed E-state index contributed by atoms with van der Waals surface area (Å²) in [7, 11) is 1.92. The molecule has 0 saturated carbocycles. The maximum Gasteiger partial charge on any atom is 0.335 e. The number of carboxylic acids is 1. The van der Waals surface area contributed by atoms with Crippen LogP contribution >= 0.6 is 23.2 Å². The molecular formula is C40H43Cl2N5O5. The second kappa shape index (κ2) is 14.5. The zero-order chi connectivity index (χ0) is 36.8. The highest BCUT2D eigenvalue weighted by atomic mass is 35.5. The Bertz CT molecular complexity index is 2190. The van der Waals surface area contributed by atoms with E-state index in [9.17, 15) is 14.7 Å². The Morgan fingerprint density at radius 2 is 1.75 bits per heavy atom. The fourth-order valence-corrected chi connectivity index (χ4v) is 8.10. The van der Waals surface area contributed by atoms with Crippen molar-refractivity contribution in [2.75, 3.05) is 36.6 Å². The second-order valence-electron chi connectivity index (χ2n) is 13.9. The van der Waals surface area contributed by atoms with Crippen molar-refractivity contribution >= 4 is 57.4 Å². The lowest BCUT2D eigenvalue weighted by atomic mass is 9.98. The van der Waals surface area contributed by atoms with E-state index in [4.69, 9.17) is 32.7 Å². The van der Waals surface area contributed by atoms with Crippen LogP contribution in [0, 0.1) is 27.7 Å². The summed E-state index contributed by atoms with van der Waals surface area (Å²) >= 11 is 13.4. The molecule has 1 amide bonds. The Labute approximate surface area is 313 Å². The third-order valence-corrected chi connectivity index (χ3v) is 11.3. The smallest absolute Gasteiger partial charge is 0.335 e. The highest BCUT2D eigenvalue weighted by Crippen LogP contribution is 2.43. The van der Waals surface area contributed by atoms with E-state index in [1.807, 2.05) is 69.8 Å². The standard InChI is InChI=1S/C40H43Cl2N5O5/c1-22-17-30(18-23(2)36(22)42)52-14-6-7-31-32-8-9-33(41)35(34-24(3)44-45(5)25(34)4)37(32)47-13-12-46(39(48)38(31)47)29-20-26(40(49)50)19-28(21-29)43-27-10-15-51-16-11-27/h8-9,17-21,27,43H,6-7,10-16H2,1-5H3,(H,49,50). The van der Waals surface area contributed by atoms with E-state index in [1.165, 1.54) is 0 Å². The lowest BCUT2D eigenvalue weighted by Crippen LogP contribution is -2.41. The molecule has 2 N–H and O–H groups in total. The van der Waals surface area contributed by atoms with Crippen LogP contribution in [0.4, 0.5) is 11.4 Å². The molecule has 0 atom stereocenters. The van der Waals surface area contributed by atoms with Gasteiger partial charge in [0.05, 0.1) is 28.4 Å². The molecule has 2 aliphatic rings. The molecule has 0 radical (unpaired) electrons. The topological polar surface area (TPSA) is 111 Å². The van der Waals surface area contributed by atoms with Crippen molar-refractivity contribution in [1.29, 1.82) is 0 Å². The summed E-state index contributed by atoms with van der Waals surface area (Å²) in [5, 5.41) is 20.5. The van der Waals surface area contributed by atoms with Gasteiger partial charge in [0.15, 0.2) is 0 Å². The number of ether oxygens (including phenoxy) is 2. The summed E-state index contributed by atoms with van der Waals surface area (Å²) in [5.41, 5.74) is 9.26. The minimum atomic E-state index is -1.05. The third kappa shape index (κ3) is 6.64. The molecule has 12 heteroatoms. The molecule has 2 aromatic heterocycles. The van der Waals surface area contributed by atoms with Crippen molar-refractivity contribution in [3.05, 3.63) is 91.8 Å². The van der Waals surface area contributed by atoms with Crippen molar-refractivity contribution in [2.24, 2.45) is 7.05 Å². The SMILES string of the molecule is Cc1cc(OCCCc2c3n(c4c(-c5c(C)nn(C)c5C)c(Cl)ccc24)CCN(c2cc(NC4CCOCC4)cc(C(=O)O)c2)C3=O)cc(C)c1Cl. The normalized spacial score (nSPS) is 15.0. The van der Waals surface area contributed by atoms with Gasteiger partial charge in [0, 0.05) is 78.0 Å². The Kier molecular flexibility index (Phi) is 9.99. The molecule has 272 valence electrons. The van der Waals surface area contributed by atoms with Crippen LogP contribution in [0.3, 0.4) is 0 Å². The van der Waals surface area contributed by atoms with Gasteiger partial charge in [-0.1, -0.05) is 29.3 Å². The van der Waals surface area contributed by atoms with Crippen molar-refractivity contribution in [3.63, 3.8) is 0 Å². The highest BCUT2D eigenvalue weighted by Gasteiger charge is 2.34. The molecule has 52 heavy (non-hydrogen) atoms. The predicted molar refractivity (Wildman–Crippen MR) is 206 cm³/mol. The molecule has 2 aliphatic heterocycles. The monoisotopic (exact) mass is 743 g/mol. The number of rotatable bonds is 10. The van der Waals surface area contributed by atoms with Crippen molar-refractivity contribution in [1.82, 2.24) is 14.3 Å². The Hall–Kier alpha value is -4.51. The molecule has 5 aromatic rings. The number of hydrogen-bond donors (Lipinski definition) is 2. The number of hydrogen-bond acceptors (Lipinski definition) is 6. The molecule has 3 aromatic carbocycles. The van der Waals surface area contributed by atoms with Gasteiger partial charge in [-0.2, -0.15) is 5.10 Å². The first-order valence-electron chi connectivity index (χ1n) is 17.7. The summed E-state index contributed by atoms with van der Waals surface area (Å²) in [6.45, 7) is 10.5. The zero-order valence-electron chi connectivity index (χ0n) is 30.1. The number of carboxylic acid groups (broad SMARTS) is 1. The molecule has 0 aliphatic carbocycles. The Balaban J connectivity index is 1.30. The first-order valence-corrected chi connectivity index (χ1v) is 18.5. The quantitative estimate of drug-likeness (QED) is 0.138. The maximum atomic E-state index is 14.8. The van der Waals surface area contributed by atoms with E-state index in [-0.39, 0.29) is 17.5 Å². The van der Waals surface area contributed by atoms with E-state index < -0.39 is 5.97 Å². The van der Waals surface area contributed by atoms with Crippen LogP contribution in [-0.2, 0) is 24.8 Å². The van der Waals surface area contributed by atoms with Crippen LogP contribution in [0.2, 0.25) is 10.0 Å². The lowest BCUT2D eigenvalue weighted by Gasteiger charge is -2.31. The van der Waals surface area contributed by atoms with E-state index in [1.54, 1.807) is 17.0 Å². The van der Waals surface area contributed by atoms with Gasteiger partial charge < -0.3 is 29.4 Å². The van der Waals surface area contributed by atoms with Gasteiger partial charge in [0.1, 0.15) is 11.4 Å². The Morgan fingerprint density at radius 1 is 1.02 bits per heavy atom. The first-order chi connectivity index (χ1) is 24.9. The number of amides is 1. The second-order valence-corrected chi connectivity index (χ2v) is 14.6. The summed E-state index contributed by atoms with van der Waals surface area (Å²) in [4.78, 5) is 28.9. The average Bonchev–Trinajstić information content (AvgIpc) is 3.57. The number of anilines is 2. The van der Waals surface area contributed by atoms with Crippen LogP contribution in [-0.4, -0.2) is 63.7 Å². The number of nitrogens with zero attached hydrogens (tertiary/aromatic N) is 4. The molecule has 7 rings (SSSR count). The molecule has 1 fully saturated rings. The largest absolute Gasteiger partial charge is 0.494 e. The van der Waals surface area contributed by atoms with Gasteiger partial charge in [-0.3, -0.25) is 9.48 Å². The number of halogens is 2. The number of aromatic carboxylic acids is 1. The summed E-state index contributed by atoms with van der Waals surface area (Å²) in [6.07, 6.45) is 2.86. The summed E-state index contributed by atoms with van der Waals surface area (Å²) in [6, 6.07) is 13.0. The van der Waals surface area contributed by atoms with Crippen LogP contribution in [0.15, 0.2) is 42.5 Å². The van der Waals surface area contributed by atoms with E-state index >= 15 is 0 Å². The third-order valence-electron chi connectivity index (χ3n) is 10.4. The lowest BCUT2D eigenvalue weighted by molar-refractivity contribution is 0.0696. The van der Waals surface area contributed by atoms with Gasteiger partial charge in [0.25, 0.3) is 5.91 Å². The molecular weight excluding hydrogens is 701 g/mol. The van der Waals surface area contributed by atoms with Crippen LogP contribution in [0.25, 0.3) is 22.0 Å². The van der Waals surface area contributed by atoms with Crippen LogP contribution in [0.1, 0.15) is 68.2 Å². The minimum absolute atomic E-state index is 0.118. The first kappa shape index (κ1) is 35.9. The van der Waals surface area contributed by atoms with Gasteiger partial charge in [0.2, 0.25) is 0 Å². The average molecular weight is 745 g/mol. The molecule has 0 spiro atoms. The van der Waals surface area contributed by atoms with Crippen LogP contribution in [0.5, 0.6) is 5.75 Å². The van der Waals surface area contributed by atoms with Crippen molar-refractivity contribution in [2.45, 2.75) is 66.0 Å². The maximum absolute atomic E-state index is 14.8. The molecule has 1 saturated heterocycles. The molecule has 0 bridgehead atoms. The number of carbonyl (C=O) groups is 2. The summed E-state index contributed by atoms with van der Waals surface area (Å²) in [5.74, 6) is -0.488. The number of nitrogens with one attached hydrogen (secondary N) is 1. The molecule has 10 nitrogen and oxygen atoms in total.